The molecule has 1 atom stereocenters. The maximum absolute atomic E-state index is 12.8. The molecule has 114 valence electrons. The van der Waals surface area contributed by atoms with Gasteiger partial charge in [-0.3, -0.25) is 0 Å². The molecular formula is C13H18F4N2O. The smallest absolute Gasteiger partial charge is 0.428 e. The molecule has 20 heavy (non-hydrogen) atoms. The van der Waals surface area contributed by atoms with E-state index in [1.165, 1.54) is 18.2 Å². The first kappa shape index (κ1) is 16.7. The van der Waals surface area contributed by atoms with Crippen molar-refractivity contribution in [3.8, 4) is 5.75 Å². The van der Waals surface area contributed by atoms with Gasteiger partial charge >= 0.3 is 12.5 Å². The first-order valence-electron chi connectivity index (χ1n) is 6.27. The van der Waals surface area contributed by atoms with E-state index in [1.807, 2.05) is 0 Å². The summed E-state index contributed by atoms with van der Waals surface area (Å²) in [7, 11) is 0. The predicted octanol–water partition coefficient (Wildman–Crippen LogP) is 3.05. The lowest BCUT2D eigenvalue weighted by Crippen LogP contribution is -2.33. The van der Waals surface area contributed by atoms with Crippen LogP contribution in [0.25, 0.3) is 0 Å². The van der Waals surface area contributed by atoms with Gasteiger partial charge in [-0.25, -0.2) is 0 Å². The zero-order chi connectivity index (χ0) is 15.2. The highest BCUT2D eigenvalue weighted by Gasteiger charge is 2.43. The highest BCUT2D eigenvalue weighted by molar-refractivity contribution is 5.30. The number of hydrogen-bond donors (Lipinski definition) is 2. The SMILES string of the molecule is NCCCC[C@H](N)c1cccc(OC(F)(F)C(F)F)c1. The largest absolute Gasteiger partial charge is 0.461 e. The van der Waals surface area contributed by atoms with Gasteiger partial charge in [-0.05, 0) is 37.1 Å². The van der Waals surface area contributed by atoms with Crippen LogP contribution in [0.15, 0.2) is 24.3 Å². The van der Waals surface area contributed by atoms with Crippen LogP contribution < -0.4 is 16.2 Å². The minimum atomic E-state index is -4.51. The van der Waals surface area contributed by atoms with E-state index in [-0.39, 0.29) is 11.8 Å². The summed E-state index contributed by atoms with van der Waals surface area (Å²) in [5, 5.41) is 0. The highest BCUT2D eigenvalue weighted by atomic mass is 19.3. The van der Waals surface area contributed by atoms with Gasteiger partial charge < -0.3 is 16.2 Å². The fourth-order valence-corrected chi connectivity index (χ4v) is 1.69. The number of ether oxygens (including phenoxy) is 1. The van der Waals surface area contributed by atoms with Gasteiger partial charge in [0.05, 0.1) is 0 Å². The molecule has 0 aromatic heterocycles. The standard InChI is InChI=1S/C13H18F4N2O/c14-12(15)13(16,17)20-10-5-3-4-9(8-10)11(19)6-1-2-7-18/h3-5,8,11-12H,1-2,6-7,18-19H2/t11-/m0/s1. The molecule has 0 heterocycles. The summed E-state index contributed by atoms with van der Waals surface area (Å²) in [6.45, 7) is 0.552. The van der Waals surface area contributed by atoms with Gasteiger partial charge in [0.15, 0.2) is 0 Å². The number of alkyl halides is 4. The van der Waals surface area contributed by atoms with Crippen LogP contribution in [-0.2, 0) is 0 Å². The summed E-state index contributed by atoms with van der Waals surface area (Å²) in [6, 6.07) is 5.15. The van der Waals surface area contributed by atoms with Crippen LogP contribution in [0.4, 0.5) is 17.6 Å². The molecule has 0 saturated heterocycles. The van der Waals surface area contributed by atoms with Gasteiger partial charge in [-0.2, -0.15) is 17.6 Å². The molecule has 1 aromatic carbocycles. The molecule has 0 aliphatic heterocycles. The topological polar surface area (TPSA) is 61.3 Å². The second-order valence-electron chi connectivity index (χ2n) is 4.43. The fraction of sp³-hybridized carbons (Fsp3) is 0.538. The normalized spacial score (nSPS) is 13.6. The van der Waals surface area contributed by atoms with E-state index in [9.17, 15) is 17.6 Å². The van der Waals surface area contributed by atoms with Crippen LogP contribution in [0, 0.1) is 0 Å². The van der Waals surface area contributed by atoms with Crippen molar-refractivity contribution in [1.29, 1.82) is 0 Å². The summed E-state index contributed by atoms with van der Waals surface area (Å²) < 4.78 is 53.7. The molecule has 0 bridgehead atoms. The number of unbranched alkanes of at least 4 members (excludes halogenated alkanes) is 1. The zero-order valence-electron chi connectivity index (χ0n) is 10.9. The van der Waals surface area contributed by atoms with Gasteiger partial charge in [-0.15, -0.1) is 0 Å². The maximum atomic E-state index is 12.8. The molecular weight excluding hydrogens is 276 g/mol. The van der Waals surface area contributed by atoms with Gasteiger partial charge in [-0.1, -0.05) is 18.6 Å². The summed E-state index contributed by atoms with van der Waals surface area (Å²) in [4.78, 5) is 0. The van der Waals surface area contributed by atoms with Crippen molar-refractivity contribution in [3.05, 3.63) is 29.8 Å². The minimum Gasteiger partial charge on any atom is -0.428 e. The molecule has 4 N–H and O–H groups in total. The molecule has 1 rings (SSSR count). The molecule has 0 aliphatic rings. The molecule has 0 spiro atoms. The monoisotopic (exact) mass is 294 g/mol. The average molecular weight is 294 g/mol. The molecule has 0 saturated carbocycles. The van der Waals surface area contributed by atoms with E-state index in [4.69, 9.17) is 11.5 Å². The zero-order valence-corrected chi connectivity index (χ0v) is 10.9. The van der Waals surface area contributed by atoms with Crippen LogP contribution in [0.1, 0.15) is 30.9 Å². The third-order valence-corrected chi connectivity index (χ3v) is 2.76. The maximum Gasteiger partial charge on any atom is 0.461 e. The van der Waals surface area contributed by atoms with E-state index >= 15 is 0 Å². The summed E-state index contributed by atoms with van der Waals surface area (Å²) >= 11 is 0. The first-order chi connectivity index (χ1) is 9.36. The Hall–Kier alpha value is -1.34. The van der Waals surface area contributed by atoms with E-state index in [1.54, 1.807) is 6.07 Å². The molecule has 0 fully saturated rings. The summed E-state index contributed by atoms with van der Waals surface area (Å²) in [5.41, 5.74) is 11.8. The average Bonchev–Trinajstić information content (AvgIpc) is 2.38. The highest BCUT2D eigenvalue weighted by Crippen LogP contribution is 2.29. The predicted molar refractivity (Wildman–Crippen MR) is 67.9 cm³/mol. The summed E-state index contributed by atoms with van der Waals surface area (Å²) in [5.74, 6) is -0.331. The number of nitrogens with two attached hydrogens (primary N) is 2. The van der Waals surface area contributed by atoms with Crippen molar-refractivity contribution < 1.29 is 22.3 Å². The van der Waals surface area contributed by atoms with Crippen LogP contribution in [0.3, 0.4) is 0 Å². The summed E-state index contributed by atoms with van der Waals surface area (Å²) in [6.07, 6.45) is -6.15. The van der Waals surface area contributed by atoms with Crippen molar-refractivity contribution in [3.63, 3.8) is 0 Å². The van der Waals surface area contributed by atoms with Gasteiger partial charge in [0.25, 0.3) is 0 Å². The van der Waals surface area contributed by atoms with Crippen LogP contribution in [-0.4, -0.2) is 19.1 Å². The molecule has 7 heteroatoms. The Bertz CT molecular complexity index is 415. The number of halogens is 4. The van der Waals surface area contributed by atoms with Crippen molar-refractivity contribution in [2.24, 2.45) is 11.5 Å². The van der Waals surface area contributed by atoms with E-state index in [2.05, 4.69) is 4.74 Å². The number of rotatable bonds is 8. The van der Waals surface area contributed by atoms with E-state index in [0.717, 1.165) is 12.8 Å². The number of benzene rings is 1. The van der Waals surface area contributed by atoms with Crippen LogP contribution in [0.5, 0.6) is 5.75 Å². The quantitative estimate of drug-likeness (QED) is 0.572. The third kappa shape index (κ3) is 4.97. The first-order valence-corrected chi connectivity index (χ1v) is 6.27. The van der Waals surface area contributed by atoms with E-state index in [0.29, 0.717) is 18.5 Å². The Kier molecular flexibility index (Phi) is 6.22. The Labute approximate surface area is 114 Å². The Morgan fingerprint density at radius 3 is 2.50 bits per heavy atom. The molecule has 0 unspecified atom stereocenters. The molecule has 3 nitrogen and oxygen atoms in total. The molecule has 0 radical (unpaired) electrons. The third-order valence-electron chi connectivity index (χ3n) is 2.76. The minimum absolute atomic E-state index is 0.331. The molecule has 0 amide bonds. The van der Waals surface area contributed by atoms with Crippen molar-refractivity contribution >= 4 is 0 Å². The number of hydrogen-bond acceptors (Lipinski definition) is 3. The van der Waals surface area contributed by atoms with Crippen LogP contribution >= 0.6 is 0 Å². The van der Waals surface area contributed by atoms with Gasteiger partial charge in [0.1, 0.15) is 5.75 Å². The van der Waals surface area contributed by atoms with Crippen molar-refractivity contribution in [2.75, 3.05) is 6.54 Å². The Balaban J connectivity index is 2.70. The fourth-order valence-electron chi connectivity index (χ4n) is 1.69. The molecule has 1 aromatic rings. The Morgan fingerprint density at radius 1 is 1.20 bits per heavy atom. The van der Waals surface area contributed by atoms with Gasteiger partial charge in [0, 0.05) is 6.04 Å². The Morgan fingerprint density at radius 2 is 1.90 bits per heavy atom. The van der Waals surface area contributed by atoms with Crippen molar-refractivity contribution in [1.82, 2.24) is 0 Å². The second kappa shape index (κ2) is 7.44. The molecule has 0 aliphatic carbocycles. The lowest BCUT2D eigenvalue weighted by Gasteiger charge is -2.18. The van der Waals surface area contributed by atoms with Gasteiger partial charge in [0.2, 0.25) is 0 Å². The van der Waals surface area contributed by atoms with Crippen molar-refractivity contribution in [2.45, 2.75) is 37.8 Å². The lowest BCUT2D eigenvalue weighted by molar-refractivity contribution is -0.253. The van der Waals surface area contributed by atoms with E-state index < -0.39 is 12.5 Å². The van der Waals surface area contributed by atoms with Crippen LogP contribution in [0.2, 0.25) is 0 Å². The lowest BCUT2D eigenvalue weighted by atomic mass is 10.0. The second-order valence-corrected chi connectivity index (χ2v) is 4.43.